The Morgan fingerprint density at radius 3 is 2.44 bits per heavy atom. The number of fused-ring (bicyclic) bond motifs is 1. The zero-order chi connectivity index (χ0) is 19.0. The second-order valence-corrected chi connectivity index (χ2v) is 7.94. The second kappa shape index (κ2) is 7.08. The van der Waals surface area contributed by atoms with Crippen LogP contribution in [0.5, 0.6) is 5.75 Å². The van der Waals surface area contributed by atoms with Crippen LogP contribution in [0.25, 0.3) is 0 Å². The highest BCUT2D eigenvalue weighted by atomic mass is 32.1. The number of carbonyl (C=O) groups is 1. The van der Waals surface area contributed by atoms with Gasteiger partial charge >= 0.3 is 0 Å². The first-order valence-electron chi connectivity index (χ1n) is 8.98. The summed E-state index contributed by atoms with van der Waals surface area (Å²) in [5, 5.41) is 11.6. The fourth-order valence-corrected chi connectivity index (χ4v) is 4.67. The van der Waals surface area contributed by atoms with Crippen molar-refractivity contribution in [3.05, 3.63) is 81.5 Å². The minimum Gasteiger partial charge on any atom is -0.508 e. The van der Waals surface area contributed by atoms with Crippen molar-refractivity contribution in [3.8, 4) is 5.75 Å². The molecule has 0 saturated heterocycles. The molecule has 0 aliphatic carbocycles. The van der Waals surface area contributed by atoms with E-state index in [1.54, 1.807) is 35.6 Å². The summed E-state index contributed by atoms with van der Waals surface area (Å²) in [5.74, 6) is 0.164. The van der Waals surface area contributed by atoms with Gasteiger partial charge in [0.2, 0.25) is 0 Å². The number of aromatic hydroxyl groups is 1. The van der Waals surface area contributed by atoms with Crippen LogP contribution in [0.4, 0.5) is 5.69 Å². The van der Waals surface area contributed by atoms with E-state index in [1.165, 1.54) is 10.4 Å². The van der Waals surface area contributed by atoms with Crippen molar-refractivity contribution < 1.29 is 9.90 Å². The molecule has 1 aliphatic rings. The van der Waals surface area contributed by atoms with Gasteiger partial charge in [-0.05, 0) is 65.4 Å². The summed E-state index contributed by atoms with van der Waals surface area (Å²) in [6.45, 7) is 0.684. The summed E-state index contributed by atoms with van der Waals surface area (Å²) in [5.41, 5.74) is 4.19. The molecule has 3 aromatic rings. The lowest BCUT2D eigenvalue weighted by atomic mass is 9.94. The van der Waals surface area contributed by atoms with Crippen LogP contribution in [0.2, 0.25) is 0 Å². The van der Waals surface area contributed by atoms with Gasteiger partial charge in [0.05, 0.1) is 6.04 Å². The minimum absolute atomic E-state index is 0.00395. The van der Waals surface area contributed by atoms with E-state index in [1.807, 2.05) is 19.0 Å². The van der Waals surface area contributed by atoms with Gasteiger partial charge in [-0.3, -0.25) is 4.79 Å². The fraction of sp³-hybridized carbons (Fsp3) is 0.227. The molecule has 5 heteroatoms. The van der Waals surface area contributed by atoms with Crippen LogP contribution in [0.3, 0.4) is 0 Å². The molecule has 0 radical (unpaired) electrons. The molecule has 0 fully saturated rings. The van der Waals surface area contributed by atoms with Crippen molar-refractivity contribution in [2.75, 3.05) is 25.5 Å². The third-order valence-electron chi connectivity index (χ3n) is 5.06. The van der Waals surface area contributed by atoms with E-state index in [4.69, 9.17) is 0 Å². The van der Waals surface area contributed by atoms with Crippen LogP contribution < -0.4 is 4.90 Å². The molecule has 1 amide bonds. The van der Waals surface area contributed by atoms with E-state index in [2.05, 4.69) is 40.6 Å². The Labute approximate surface area is 163 Å². The number of amides is 1. The smallest absolute Gasteiger partial charge is 0.254 e. The van der Waals surface area contributed by atoms with Crippen molar-refractivity contribution in [1.29, 1.82) is 0 Å². The van der Waals surface area contributed by atoms with E-state index in [0.717, 1.165) is 17.7 Å². The lowest BCUT2D eigenvalue weighted by Crippen LogP contribution is -2.40. The quantitative estimate of drug-likeness (QED) is 0.739. The van der Waals surface area contributed by atoms with Crippen molar-refractivity contribution >= 4 is 22.9 Å². The molecule has 0 bridgehead atoms. The molecule has 2 aromatic carbocycles. The van der Waals surface area contributed by atoms with E-state index in [-0.39, 0.29) is 17.7 Å². The molecule has 2 heterocycles. The number of benzene rings is 2. The monoisotopic (exact) mass is 378 g/mol. The summed E-state index contributed by atoms with van der Waals surface area (Å²) in [7, 11) is 4.04. The molecular formula is C22H22N2O2S. The van der Waals surface area contributed by atoms with Crippen LogP contribution in [0.1, 0.15) is 32.4 Å². The second-order valence-electron chi connectivity index (χ2n) is 6.99. The molecule has 0 saturated carbocycles. The molecule has 1 unspecified atom stereocenters. The van der Waals surface area contributed by atoms with Crippen LogP contribution in [-0.2, 0) is 6.42 Å². The number of carbonyl (C=O) groups excluding carboxylic acids is 1. The Kier molecular flexibility index (Phi) is 4.62. The van der Waals surface area contributed by atoms with E-state index in [0.29, 0.717) is 12.1 Å². The van der Waals surface area contributed by atoms with Crippen molar-refractivity contribution in [2.24, 2.45) is 0 Å². The van der Waals surface area contributed by atoms with Crippen LogP contribution >= 0.6 is 11.3 Å². The summed E-state index contributed by atoms with van der Waals surface area (Å²) in [6, 6.07) is 17.0. The van der Waals surface area contributed by atoms with E-state index in [9.17, 15) is 9.90 Å². The third kappa shape index (κ3) is 3.30. The predicted molar refractivity (Wildman–Crippen MR) is 110 cm³/mol. The molecule has 1 atom stereocenters. The lowest BCUT2D eigenvalue weighted by molar-refractivity contribution is 0.0698. The highest BCUT2D eigenvalue weighted by Gasteiger charge is 2.33. The Morgan fingerprint density at radius 1 is 1.07 bits per heavy atom. The first-order valence-corrected chi connectivity index (χ1v) is 9.86. The maximum atomic E-state index is 13.2. The van der Waals surface area contributed by atoms with Gasteiger partial charge < -0.3 is 14.9 Å². The number of thiophene rings is 1. The third-order valence-corrected chi connectivity index (χ3v) is 6.07. The summed E-state index contributed by atoms with van der Waals surface area (Å²) < 4.78 is 0. The van der Waals surface area contributed by atoms with Crippen LogP contribution in [0, 0.1) is 0 Å². The predicted octanol–water partition coefficient (Wildman–Crippen LogP) is 4.31. The Morgan fingerprint density at radius 2 is 1.78 bits per heavy atom. The largest absolute Gasteiger partial charge is 0.508 e. The summed E-state index contributed by atoms with van der Waals surface area (Å²) in [4.78, 5) is 18.5. The fourth-order valence-electron chi connectivity index (χ4n) is 3.58. The first-order chi connectivity index (χ1) is 13.0. The van der Waals surface area contributed by atoms with Gasteiger partial charge in [0.15, 0.2) is 0 Å². The maximum Gasteiger partial charge on any atom is 0.254 e. The number of anilines is 1. The minimum atomic E-state index is -0.0775. The lowest BCUT2D eigenvalue weighted by Gasteiger charge is -2.36. The zero-order valence-electron chi connectivity index (χ0n) is 15.4. The molecule has 138 valence electrons. The molecule has 1 aromatic heterocycles. The molecular weight excluding hydrogens is 356 g/mol. The van der Waals surface area contributed by atoms with Gasteiger partial charge in [-0.2, -0.15) is 0 Å². The standard InChI is InChI=1S/C22H22N2O2S/c1-23(2)18-7-3-15(4-8-18)20-21-16(12-14-27-21)11-13-24(20)22(26)17-5-9-19(25)10-6-17/h3-10,12,14,20,25H,11,13H2,1-2H3. The number of hydrogen-bond donors (Lipinski definition) is 1. The normalized spacial score (nSPS) is 16.1. The van der Waals surface area contributed by atoms with Crippen molar-refractivity contribution in [3.63, 3.8) is 0 Å². The molecule has 1 aliphatic heterocycles. The van der Waals surface area contributed by atoms with Gasteiger partial charge in [0.25, 0.3) is 5.91 Å². The van der Waals surface area contributed by atoms with Gasteiger partial charge in [-0.15, -0.1) is 11.3 Å². The molecule has 1 N–H and O–H groups in total. The summed E-state index contributed by atoms with van der Waals surface area (Å²) in [6.07, 6.45) is 0.870. The number of nitrogens with zero attached hydrogens (tertiary/aromatic N) is 2. The highest BCUT2D eigenvalue weighted by molar-refractivity contribution is 7.10. The van der Waals surface area contributed by atoms with Gasteiger partial charge in [0.1, 0.15) is 5.75 Å². The van der Waals surface area contributed by atoms with Crippen LogP contribution in [0.15, 0.2) is 60.0 Å². The Hall–Kier alpha value is -2.79. The maximum absolute atomic E-state index is 13.2. The van der Waals surface area contributed by atoms with Gasteiger partial charge in [-0.25, -0.2) is 0 Å². The Bertz CT molecular complexity index is 945. The molecule has 4 nitrogen and oxygen atoms in total. The van der Waals surface area contributed by atoms with Gasteiger partial charge in [-0.1, -0.05) is 12.1 Å². The first kappa shape index (κ1) is 17.6. The molecule has 27 heavy (non-hydrogen) atoms. The molecule has 4 rings (SSSR count). The van der Waals surface area contributed by atoms with E-state index >= 15 is 0 Å². The van der Waals surface area contributed by atoms with Crippen molar-refractivity contribution in [2.45, 2.75) is 12.5 Å². The molecule has 0 spiro atoms. The average Bonchev–Trinajstić information content (AvgIpc) is 3.16. The zero-order valence-corrected chi connectivity index (χ0v) is 16.2. The number of phenolic OH excluding ortho intramolecular Hbond substituents is 1. The topological polar surface area (TPSA) is 43.8 Å². The van der Waals surface area contributed by atoms with E-state index < -0.39 is 0 Å². The number of rotatable bonds is 3. The number of phenols is 1. The highest BCUT2D eigenvalue weighted by Crippen LogP contribution is 2.39. The Balaban J connectivity index is 1.74. The SMILES string of the molecule is CN(C)c1ccc(C2c3sccc3CCN2C(=O)c2ccc(O)cc2)cc1. The number of hydrogen-bond acceptors (Lipinski definition) is 4. The summed E-state index contributed by atoms with van der Waals surface area (Å²) >= 11 is 1.71. The van der Waals surface area contributed by atoms with Crippen LogP contribution in [-0.4, -0.2) is 36.6 Å². The van der Waals surface area contributed by atoms with Crippen molar-refractivity contribution in [1.82, 2.24) is 4.90 Å². The average molecular weight is 378 g/mol. The van der Waals surface area contributed by atoms with Gasteiger partial charge in [0, 0.05) is 36.8 Å².